The van der Waals surface area contributed by atoms with Gasteiger partial charge in [-0.1, -0.05) is 17.3 Å². The van der Waals surface area contributed by atoms with Crippen molar-refractivity contribution < 1.29 is 14.7 Å². The molecule has 0 aliphatic rings. The summed E-state index contributed by atoms with van der Waals surface area (Å²) in [4.78, 5) is 29.2. The van der Waals surface area contributed by atoms with Gasteiger partial charge in [0.15, 0.2) is 5.69 Å². The van der Waals surface area contributed by atoms with Crippen LogP contribution in [0.5, 0.6) is 0 Å². The number of fused-ring (bicyclic) bond motifs is 1. The predicted molar refractivity (Wildman–Crippen MR) is 95.2 cm³/mol. The number of carboxylic acids is 1. The molecule has 1 aromatic carbocycles. The molecule has 0 saturated carbocycles. The van der Waals surface area contributed by atoms with Gasteiger partial charge in [0.05, 0.1) is 11.4 Å². The third-order valence-corrected chi connectivity index (χ3v) is 4.17. The minimum absolute atomic E-state index is 0.144. The second-order valence-corrected chi connectivity index (χ2v) is 6.23. The van der Waals surface area contributed by atoms with Crippen molar-refractivity contribution in [1.82, 2.24) is 24.9 Å². The van der Waals surface area contributed by atoms with Crippen LogP contribution in [0.1, 0.15) is 30.0 Å². The average Bonchev–Trinajstić information content (AvgIpc) is 2.99. The molecule has 134 valence electrons. The fraction of sp³-hybridized carbons (Fsp3) is 0.278. The molecular weight excluding hydrogens is 334 g/mol. The van der Waals surface area contributed by atoms with E-state index in [2.05, 4.69) is 15.3 Å². The number of hydrogen-bond acceptors (Lipinski definition) is 5. The largest absolute Gasteiger partial charge is 0.480 e. The highest BCUT2D eigenvalue weighted by Crippen LogP contribution is 2.23. The monoisotopic (exact) mass is 353 g/mol. The molecule has 0 fully saturated rings. The van der Waals surface area contributed by atoms with Crippen LogP contribution in [-0.2, 0) is 4.79 Å². The van der Waals surface area contributed by atoms with Crippen LogP contribution in [0.3, 0.4) is 0 Å². The van der Waals surface area contributed by atoms with E-state index in [1.807, 2.05) is 24.3 Å². The molecule has 0 saturated heterocycles. The van der Waals surface area contributed by atoms with Crippen molar-refractivity contribution in [2.24, 2.45) is 0 Å². The molecule has 0 spiro atoms. The van der Waals surface area contributed by atoms with E-state index in [0.717, 1.165) is 16.5 Å². The van der Waals surface area contributed by atoms with Gasteiger partial charge in [0.1, 0.15) is 6.54 Å². The first-order valence-corrected chi connectivity index (χ1v) is 8.18. The van der Waals surface area contributed by atoms with Crippen molar-refractivity contribution in [3.05, 3.63) is 48.0 Å². The maximum atomic E-state index is 12.8. The molecule has 0 unspecified atom stereocenters. The Morgan fingerprint density at radius 3 is 2.73 bits per heavy atom. The Labute approximate surface area is 150 Å². The number of nitrogens with zero attached hydrogens (tertiary/aromatic N) is 5. The lowest BCUT2D eigenvalue weighted by atomic mass is 10.1. The molecule has 0 aliphatic heterocycles. The lowest BCUT2D eigenvalue weighted by molar-refractivity contribution is -0.138. The molecule has 2 heterocycles. The minimum Gasteiger partial charge on any atom is -0.480 e. The number of carboxylic acid groups (broad SMARTS) is 1. The van der Waals surface area contributed by atoms with Gasteiger partial charge in [0.2, 0.25) is 0 Å². The summed E-state index contributed by atoms with van der Waals surface area (Å²) in [7, 11) is 0. The zero-order valence-corrected chi connectivity index (χ0v) is 14.7. The van der Waals surface area contributed by atoms with E-state index >= 15 is 0 Å². The van der Waals surface area contributed by atoms with Crippen LogP contribution < -0.4 is 0 Å². The van der Waals surface area contributed by atoms with Gasteiger partial charge in [0.25, 0.3) is 5.91 Å². The molecule has 0 bridgehead atoms. The lowest BCUT2D eigenvalue weighted by Crippen LogP contribution is -2.41. The molecular formula is C18H19N5O3. The number of hydrogen-bond donors (Lipinski definition) is 1. The number of carbonyl (C=O) groups is 2. The second-order valence-electron chi connectivity index (χ2n) is 6.23. The Morgan fingerprint density at radius 2 is 2.04 bits per heavy atom. The highest BCUT2D eigenvalue weighted by molar-refractivity contribution is 5.96. The van der Waals surface area contributed by atoms with Gasteiger partial charge in [0, 0.05) is 29.2 Å². The van der Waals surface area contributed by atoms with Crippen LogP contribution in [0.4, 0.5) is 0 Å². The summed E-state index contributed by atoms with van der Waals surface area (Å²) in [6.45, 7) is 4.88. The molecule has 0 aliphatic carbocycles. The highest BCUT2D eigenvalue weighted by atomic mass is 16.4. The molecule has 2 aromatic heterocycles. The van der Waals surface area contributed by atoms with Crippen molar-refractivity contribution in [3.8, 4) is 5.69 Å². The maximum Gasteiger partial charge on any atom is 0.323 e. The fourth-order valence-electron chi connectivity index (χ4n) is 2.82. The molecule has 3 rings (SSSR count). The third kappa shape index (κ3) is 3.13. The number of amides is 1. The van der Waals surface area contributed by atoms with E-state index in [0.29, 0.717) is 5.69 Å². The lowest BCUT2D eigenvalue weighted by Gasteiger charge is -2.24. The van der Waals surface area contributed by atoms with Gasteiger partial charge >= 0.3 is 5.97 Å². The topological polar surface area (TPSA) is 101 Å². The Morgan fingerprint density at radius 1 is 1.27 bits per heavy atom. The van der Waals surface area contributed by atoms with Crippen molar-refractivity contribution >= 4 is 22.6 Å². The third-order valence-electron chi connectivity index (χ3n) is 4.17. The van der Waals surface area contributed by atoms with Gasteiger partial charge in [-0.05, 0) is 32.9 Å². The number of benzene rings is 1. The summed E-state index contributed by atoms with van der Waals surface area (Å²) < 4.78 is 1.59. The van der Waals surface area contributed by atoms with E-state index in [-0.39, 0.29) is 18.3 Å². The van der Waals surface area contributed by atoms with Crippen molar-refractivity contribution in [2.45, 2.75) is 26.8 Å². The van der Waals surface area contributed by atoms with Gasteiger partial charge in [-0.15, -0.1) is 5.10 Å². The van der Waals surface area contributed by atoms with Crippen LogP contribution in [0.2, 0.25) is 0 Å². The molecule has 0 atom stereocenters. The molecule has 8 heteroatoms. The number of carbonyl (C=O) groups excluding carboxylic acids is 1. The Balaban J connectivity index is 2.05. The van der Waals surface area contributed by atoms with Gasteiger partial charge in [-0.3, -0.25) is 14.6 Å². The predicted octanol–water partition coefficient (Wildman–Crippen LogP) is 2.06. The number of aromatic nitrogens is 4. The Hall–Kier alpha value is -3.29. The van der Waals surface area contributed by atoms with Crippen molar-refractivity contribution in [3.63, 3.8) is 0 Å². The smallest absolute Gasteiger partial charge is 0.323 e. The molecule has 8 nitrogen and oxygen atoms in total. The number of aliphatic carboxylic acids is 1. The van der Waals surface area contributed by atoms with E-state index in [9.17, 15) is 9.59 Å². The number of rotatable bonds is 5. The second kappa shape index (κ2) is 6.91. The van der Waals surface area contributed by atoms with Crippen LogP contribution in [0, 0.1) is 6.92 Å². The first-order chi connectivity index (χ1) is 12.4. The molecule has 3 aromatic rings. The van der Waals surface area contributed by atoms with Crippen LogP contribution in [0.15, 0.2) is 36.7 Å². The van der Waals surface area contributed by atoms with E-state index < -0.39 is 11.9 Å². The van der Waals surface area contributed by atoms with E-state index in [1.165, 1.54) is 4.90 Å². The van der Waals surface area contributed by atoms with Crippen LogP contribution in [0.25, 0.3) is 16.5 Å². The normalized spacial score (nSPS) is 11.1. The molecule has 1 N–H and O–H groups in total. The van der Waals surface area contributed by atoms with Crippen LogP contribution in [-0.4, -0.2) is 54.4 Å². The summed E-state index contributed by atoms with van der Waals surface area (Å²) in [5.41, 5.74) is 1.48. The van der Waals surface area contributed by atoms with Gasteiger partial charge in [-0.2, -0.15) is 0 Å². The highest BCUT2D eigenvalue weighted by Gasteiger charge is 2.26. The molecule has 1 amide bonds. The summed E-state index contributed by atoms with van der Waals surface area (Å²) in [5, 5.41) is 19.1. The summed E-state index contributed by atoms with van der Waals surface area (Å²) in [5.74, 6) is -1.52. The standard InChI is InChI=1S/C18H19N5O3/c1-11(2)22(10-16(24)25)18(26)17-12(3)23(21-20-17)15-6-4-5-13-9-19-8-7-14(13)15/h4-9,11H,10H2,1-3H3,(H,24,25). The SMILES string of the molecule is Cc1c(C(=O)N(CC(=O)O)C(C)C)nnn1-c1cccc2cnccc12. The summed E-state index contributed by atoms with van der Waals surface area (Å²) >= 11 is 0. The average molecular weight is 353 g/mol. The Bertz CT molecular complexity index is 975. The van der Waals surface area contributed by atoms with Gasteiger partial charge in [-0.25, -0.2) is 4.68 Å². The fourth-order valence-corrected chi connectivity index (χ4v) is 2.82. The maximum absolute atomic E-state index is 12.8. The zero-order chi connectivity index (χ0) is 18.8. The Kier molecular flexibility index (Phi) is 4.66. The first kappa shape index (κ1) is 17.5. The van der Waals surface area contributed by atoms with Crippen LogP contribution >= 0.6 is 0 Å². The van der Waals surface area contributed by atoms with Gasteiger partial charge < -0.3 is 10.0 Å². The molecule has 26 heavy (non-hydrogen) atoms. The van der Waals surface area contributed by atoms with E-state index in [4.69, 9.17) is 5.11 Å². The van der Waals surface area contributed by atoms with Crippen molar-refractivity contribution in [1.29, 1.82) is 0 Å². The quantitative estimate of drug-likeness (QED) is 0.753. The first-order valence-electron chi connectivity index (χ1n) is 8.18. The number of pyridine rings is 1. The molecule has 0 radical (unpaired) electrons. The zero-order valence-electron chi connectivity index (χ0n) is 14.7. The summed E-state index contributed by atoms with van der Waals surface area (Å²) in [6, 6.07) is 7.31. The van der Waals surface area contributed by atoms with E-state index in [1.54, 1.807) is 37.8 Å². The minimum atomic E-state index is -1.07. The van der Waals surface area contributed by atoms with Crippen molar-refractivity contribution in [2.75, 3.05) is 6.54 Å². The summed E-state index contributed by atoms with van der Waals surface area (Å²) in [6.07, 6.45) is 3.45.